The molecule has 27 heavy (non-hydrogen) atoms. The van der Waals surface area contributed by atoms with Crippen molar-refractivity contribution in [3.8, 4) is 0 Å². The lowest BCUT2D eigenvalue weighted by molar-refractivity contribution is 0.0527. The van der Waals surface area contributed by atoms with Gasteiger partial charge in [0.25, 0.3) is 0 Å². The van der Waals surface area contributed by atoms with Crippen molar-refractivity contribution in [2.24, 2.45) is 4.99 Å². The molecule has 3 atom stereocenters. The maximum atomic E-state index is 12.0. The van der Waals surface area contributed by atoms with Crippen molar-refractivity contribution >= 4 is 46.8 Å². The average Bonchev–Trinajstić information content (AvgIpc) is 2.58. The Morgan fingerprint density at radius 1 is 1.22 bits per heavy atom. The molecule has 1 aliphatic carbocycles. The van der Waals surface area contributed by atoms with E-state index in [9.17, 15) is 9.00 Å². The Kier molecular flexibility index (Phi) is 13.3. The van der Waals surface area contributed by atoms with E-state index >= 15 is 0 Å². The number of alkyl carbamates (subject to hydrolysis) is 1. The second kappa shape index (κ2) is 13.6. The predicted molar refractivity (Wildman–Crippen MR) is 123 cm³/mol. The highest BCUT2D eigenvalue weighted by atomic mass is 127. The molecule has 160 valence electrons. The fraction of sp³-hybridized carbons (Fsp3) is 0.889. The number of halogens is 1. The van der Waals surface area contributed by atoms with Gasteiger partial charge in [0.1, 0.15) is 5.60 Å². The zero-order valence-corrected chi connectivity index (χ0v) is 20.4. The monoisotopic (exact) mass is 516 g/mol. The molecular weight excluding hydrogens is 479 g/mol. The highest BCUT2D eigenvalue weighted by molar-refractivity contribution is 14.0. The van der Waals surface area contributed by atoms with Gasteiger partial charge in [-0.1, -0.05) is 13.3 Å². The summed E-state index contributed by atoms with van der Waals surface area (Å²) in [6, 6.07) is 0.315. The summed E-state index contributed by atoms with van der Waals surface area (Å²) in [6.45, 7) is 8.76. The Bertz CT molecular complexity index is 497. The van der Waals surface area contributed by atoms with Crippen molar-refractivity contribution in [2.45, 2.75) is 76.7 Å². The van der Waals surface area contributed by atoms with Gasteiger partial charge in [0.15, 0.2) is 5.96 Å². The number of hydrogen-bond acceptors (Lipinski definition) is 4. The quantitative estimate of drug-likeness (QED) is 0.210. The largest absolute Gasteiger partial charge is 0.444 e. The number of carbonyl (C=O) groups is 1. The SMILES string of the molecule is CCS(=O)C1CCCC(NC(=NC)NCCCNC(=O)OC(C)(C)C)C1.I. The van der Waals surface area contributed by atoms with E-state index in [1.54, 1.807) is 7.05 Å². The highest BCUT2D eigenvalue weighted by Crippen LogP contribution is 2.22. The first-order valence-corrected chi connectivity index (χ1v) is 10.9. The highest BCUT2D eigenvalue weighted by Gasteiger charge is 2.26. The van der Waals surface area contributed by atoms with Crippen LogP contribution < -0.4 is 16.0 Å². The number of nitrogens with zero attached hydrogens (tertiary/aromatic N) is 1. The van der Waals surface area contributed by atoms with Crippen LogP contribution in [0.25, 0.3) is 0 Å². The number of rotatable bonds is 7. The summed E-state index contributed by atoms with van der Waals surface area (Å²) in [5, 5.41) is 9.74. The fourth-order valence-electron chi connectivity index (χ4n) is 2.94. The predicted octanol–water partition coefficient (Wildman–Crippen LogP) is 2.76. The number of amides is 1. The van der Waals surface area contributed by atoms with Crippen LogP contribution in [-0.2, 0) is 15.5 Å². The Balaban J connectivity index is 0.00000676. The van der Waals surface area contributed by atoms with Crippen LogP contribution >= 0.6 is 24.0 Å². The number of guanidine groups is 1. The fourth-order valence-corrected chi connectivity index (χ4v) is 4.29. The van der Waals surface area contributed by atoms with Crippen molar-refractivity contribution in [3.63, 3.8) is 0 Å². The smallest absolute Gasteiger partial charge is 0.407 e. The molecule has 0 aromatic rings. The minimum Gasteiger partial charge on any atom is -0.444 e. The van der Waals surface area contributed by atoms with Crippen LogP contribution in [0.3, 0.4) is 0 Å². The van der Waals surface area contributed by atoms with Gasteiger partial charge in [-0.05, 0) is 46.5 Å². The third-order valence-electron chi connectivity index (χ3n) is 4.16. The van der Waals surface area contributed by atoms with Crippen LogP contribution in [0.2, 0.25) is 0 Å². The van der Waals surface area contributed by atoms with E-state index in [4.69, 9.17) is 4.74 Å². The van der Waals surface area contributed by atoms with Gasteiger partial charge < -0.3 is 20.7 Å². The molecule has 0 bridgehead atoms. The standard InChI is InChI=1S/C18H36N4O3S.HI/c1-6-26(24)15-10-7-9-14(13-15)22-16(19-5)20-11-8-12-21-17(23)25-18(2,3)4;/h14-15H,6-13H2,1-5H3,(H,21,23)(H2,19,20,22);1H. The van der Waals surface area contributed by atoms with Gasteiger partial charge >= 0.3 is 6.09 Å². The number of nitrogens with one attached hydrogen (secondary N) is 3. The molecule has 9 heteroatoms. The molecule has 1 aliphatic rings. The van der Waals surface area contributed by atoms with E-state index in [2.05, 4.69) is 20.9 Å². The minimum atomic E-state index is -0.723. The maximum Gasteiger partial charge on any atom is 0.407 e. The van der Waals surface area contributed by atoms with E-state index < -0.39 is 22.5 Å². The first-order valence-electron chi connectivity index (χ1n) is 9.56. The molecule has 1 amide bonds. The molecule has 1 saturated carbocycles. The lowest BCUT2D eigenvalue weighted by atomic mass is 9.95. The normalized spacial score (nSPS) is 21.6. The third-order valence-corrected chi connectivity index (χ3v) is 5.90. The van der Waals surface area contributed by atoms with Crippen molar-refractivity contribution in [2.75, 3.05) is 25.9 Å². The second-order valence-electron chi connectivity index (χ2n) is 7.58. The summed E-state index contributed by atoms with van der Waals surface area (Å²) >= 11 is 0. The van der Waals surface area contributed by atoms with Gasteiger partial charge in [0, 0.05) is 48.0 Å². The van der Waals surface area contributed by atoms with Gasteiger partial charge in [-0.3, -0.25) is 9.20 Å². The van der Waals surface area contributed by atoms with Crippen molar-refractivity contribution in [1.29, 1.82) is 0 Å². The van der Waals surface area contributed by atoms with Crippen molar-refractivity contribution in [1.82, 2.24) is 16.0 Å². The van der Waals surface area contributed by atoms with Gasteiger partial charge in [0.05, 0.1) is 0 Å². The number of aliphatic imine (C=N–C) groups is 1. The average molecular weight is 516 g/mol. The molecule has 7 nitrogen and oxygen atoms in total. The Hall–Kier alpha value is -0.580. The van der Waals surface area contributed by atoms with E-state index in [0.29, 0.717) is 24.4 Å². The molecule has 0 saturated heterocycles. The summed E-state index contributed by atoms with van der Waals surface area (Å²) in [4.78, 5) is 15.8. The van der Waals surface area contributed by atoms with Crippen LogP contribution in [0.15, 0.2) is 4.99 Å². The van der Waals surface area contributed by atoms with Gasteiger partial charge in [-0.2, -0.15) is 0 Å². The molecule has 0 aliphatic heterocycles. The first kappa shape index (κ1) is 26.4. The Morgan fingerprint density at radius 3 is 2.48 bits per heavy atom. The zero-order chi connectivity index (χ0) is 19.6. The van der Waals surface area contributed by atoms with Crippen LogP contribution in [0, 0.1) is 0 Å². The van der Waals surface area contributed by atoms with Crippen LogP contribution in [0.4, 0.5) is 4.79 Å². The molecule has 1 rings (SSSR count). The summed E-state index contributed by atoms with van der Waals surface area (Å²) in [5.41, 5.74) is -0.479. The van der Waals surface area contributed by atoms with Crippen LogP contribution in [0.5, 0.6) is 0 Å². The summed E-state index contributed by atoms with van der Waals surface area (Å²) in [7, 11) is 1.03. The molecule has 1 fully saturated rings. The number of carbonyl (C=O) groups excluding carboxylic acids is 1. The van der Waals surface area contributed by atoms with Crippen LogP contribution in [0.1, 0.15) is 59.8 Å². The number of ether oxygens (including phenoxy) is 1. The van der Waals surface area contributed by atoms with Gasteiger partial charge in [-0.15, -0.1) is 24.0 Å². The van der Waals surface area contributed by atoms with Crippen molar-refractivity contribution < 1.29 is 13.7 Å². The molecular formula is C18H37IN4O3S. The Labute approximate surface area is 183 Å². The zero-order valence-electron chi connectivity index (χ0n) is 17.3. The molecule has 3 unspecified atom stereocenters. The molecule has 0 radical (unpaired) electrons. The topological polar surface area (TPSA) is 91.8 Å². The van der Waals surface area contributed by atoms with E-state index in [-0.39, 0.29) is 24.0 Å². The summed E-state index contributed by atoms with van der Waals surface area (Å²) < 4.78 is 17.2. The van der Waals surface area contributed by atoms with E-state index in [0.717, 1.165) is 43.8 Å². The van der Waals surface area contributed by atoms with E-state index in [1.807, 2.05) is 27.7 Å². The molecule has 0 heterocycles. The summed E-state index contributed by atoms with van der Waals surface area (Å²) in [5.74, 6) is 1.49. The lowest BCUT2D eigenvalue weighted by Gasteiger charge is -2.30. The molecule has 3 N–H and O–H groups in total. The summed E-state index contributed by atoms with van der Waals surface area (Å²) in [6.07, 6.45) is 4.55. The minimum absolute atomic E-state index is 0. The van der Waals surface area contributed by atoms with E-state index in [1.165, 1.54) is 0 Å². The number of hydrogen-bond donors (Lipinski definition) is 3. The van der Waals surface area contributed by atoms with Gasteiger partial charge in [0.2, 0.25) is 0 Å². The third kappa shape index (κ3) is 11.8. The maximum absolute atomic E-state index is 12.0. The molecule has 0 aromatic carbocycles. The lowest BCUT2D eigenvalue weighted by Crippen LogP contribution is -2.47. The molecule has 0 spiro atoms. The van der Waals surface area contributed by atoms with Crippen molar-refractivity contribution in [3.05, 3.63) is 0 Å². The molecule has 0 aromatic heterocycles. The Morgan fingerprint density at radius 2 is 1.89 bits per heavy atom. The van der Waals surface area contributed by atoms with Crippen LogP contribution in [-0.4, -0.2) is 59.0 Å². The van der Waals surface area contributed by atoms with Gasteiger partial charge in [-0.25, -0.2) is 4.79 Å². The second-order valence-corrected chi connectivity index (χ2v) is 9.59. The first-order chi connectivity index (χ1) is 12.2.